The van der Waals surface area contributed by atoms with Gasteiger partial charge in [0.1, 0.15) is 0 Å². The van der Waals surface area contributed by atoms with Gasteiger partial charge in [-0.25, -0.2) is 0 Å². The van der Waals surface area contributed by atoms with E-state index < -0.39 is 0 Å². The largest absolute Gasteiger partial charge is 0.392 e. The van der Waals surface area contributed by atoms with Crippen LogP contribution >= 0.6 is 0 Å². The summed E-state index contributed by atoms with van der Waals surface area (Å²) in [6.07, 6.45) is 4.35. The van der Waals surface area contributed by atoms with Crippen molar-refractivity contribution in [3.05, 3.63) is 143 Å². The molecule has 0 heterocycles. The molecule has 0 fully saturated rings. The molecule has 0 aliphatic carbocycles. The monoisotopic (exact) mass is 504 g/mol. The van der Waals surface area contributed by atoms with Crippen molar-refractivity contribution < 1.29 is 10.2 Å². The van der Waals surface area contributed by atoms with Crippen LogP contribution in [-0.2, 0) is 13.2 Å². The van der Waals surface area contributed by atoms with Gasteiger partial charge in [-0.15, -0.1) is 0 Å². The van der Waals surface area contributed by atoms with Crippen LogP contribution in [0.15, 0.2) is 109 Å². The third-order valence-electron chi connectivity index (χ3n) is 6.70. The van der Waals surface area contributed by atoms with Gasteiger partial charge in [0.2, 0.25) is 0 Å². The first-order valence-electron chi connectivity index (χ1n) is 12.8. The second kappa shape index (κ2) is 12.4. The topological polar surface area (TPSA) is 46.9 Å². The minimum atomic E-state index is 0.0143. The molecule has 0 aliphatic heterocycles. The van der Waals surface area contributed by atoms with Crippen LogP contribution in [0.1, 0.15) is 33.4 Å². The summed E-state index contributed by atoms with van der Waals surface area (Å²) < 4.78 is 0. The maximum absolute atomic E-state index is 9.52. The van der Waals surface area contributed by atoms with Crippen LogP contribution in [-0.4, -0.2) is 38.4 Å². The maximum Gasteiger partial charge on any atom is 0.0681 e. The number of hydrogen-bond donors (Lipinski definition) is 2. The highest BCUT2D eigenvalue weighted by Gasteiger charge is 2.09. The zero-order valence-electron chi connectivity index (χ0n) is 22.6. The Balaban J connectivity index is 1.86. The molecule has 4 rings (SSSR count). The van der Waals surface area contributed by atoms with Crippen molar-refractivity contribution in [1.82, 2.24) is 0 Å². The summed E-state index contributed by atoms with van der Waals surface area (Å²) in [6, 6.07) is 33.2. The second-order valence-electron chi connectivity index (χ2n) is 9.75. The summed E-state index contributed by atoms with van der Waals surface area (Å²) in [5.41, 5.74) is 10.6. The average Bonchev–Trinajstić information content (AvgIpc) is 2.96. The van der Waals surface area contributed by atoms with Crippen molar-refractivity contribution in [2.75, 3.05) is 38.0 Å². The van der Waals surface area contributed by atoms with Crippen LogP contribution < -0.4 is 9.80 Å². The lowest BCUT2D eigenvalue weighted by molar-refractivity contribution is 0.281. The highest BCUT2D eigenvalue weighted by atomic mass is 16.3. The van der Waals surface area contributed by atoms with E-state index >= 15 is 0 Å². The van der Waals surface area contributed by atoms with E-state index in [0.29, 0.717) is 0 Å². The number of aliphatic hydroxyl groups excluding tert-OH is 2. The van der Waals surface area contributed by atoms with Gasteiger partial charge in [-0.1, -0.05) is 84.9 Å². The molecule has 0 amide bonds. The van der Waals surface area contributed by atoms with Gasteiger partial charge >= 0.3 is 0 Å². The average molecular weight is 505 g/mol. The van der Waals surface area contributed by atoms with Crippen molar-refractivity contribution in [3.8, 4) is 0 Å². The van der Waals surface area contributed by atoms with Gasteiger partial charge < -0.3 is 20.0 Å². The summed E-state index contributed by atoms with van der Waals surface area (Å²) in [4.78, 5) is 4.20. The molecule has 4 aromatic rings. The van der Waals surface area contributed by atoms with Crippen molar-refractivity contribution in [3.63, 3.8) is 0 Å². The molecule has 0 atom stereocenters. The van der Waals surface area contributed by atoms with Crippen LogP contribution in [0.4, 0.5) is 11.4 Å². The van der Waals surface area contributed by atoms with E-state index in [1.165, 1.54) is 0 Å². The zero-order valence-corrected chi connectivity index (χ0v) is 22.6. The smallest absolute Gasteiger partial charge is 0.0681 e. The second-order valence-corrected chi connectivity index (χ2v) is 9.75. The lowest BCUT2D eigenvalue weighted by atomic mass is 9.93. The van der Waals surface area contributed by atoms with Crippen LogP contribution in [0.2, 0.25) is 0 Å². The Kier molecular flexibility index (Phi) is 8.80. The Morgan fingerprint density at radius 1 is 0.474 bits per heavy atom. The van der Waals surface area contributed by atoms with Gasteiger partial charge in [-0.05, 0) is 68.8 Å². The van der Waals surface area contributed by atoms with Gasteiger partial charge in [0.25, 0.3) is 0 Å². The molecule has 0 bridgehead atoms. The van der Waals surface area contributed by atoms with E-state index in [-0.39, 0.29) is 13.2 Å². The Hall–Kier alpha value is -4.12. The first kappa shape index (κ1) is 26.9. The zero-order chi connectivity index (χ0) is 27.1. The minimum Gasteiger partial charge on any atom is -0.392 e. The fraction of sp³-hybridized carbons (Fsp3) is 0.176. The molecule has 4 heteroatoms. The maximum atomic E-state index is 9.52. The molecule has 4 nitrogen and oxygen atoms in total. The fourth-order valence-corrected chi connectivity index (χ4v) is 4.34. The number of allylic oxidation sites excluding steroid dienone is 2. The number of hydrogen-bond acceptors (Lipinski definition) is 4. The third-order valence-corrected chi connectivity index (χ3v) is 6.70. The molecule has 0 saturated carbocycles. The predicted molar refractivity (Wildman–Crippen MR) is 160 cm³/mol. The summed E-state index contributed by atoms with van der Waals surface area (Å²) in [5, 5.41) is 19.0. The number of benzene rings is 4. The molecule has 4 aromatic carbocycles. The number of aliphatic hydroxyl groups is 2. The first-order valence-corrected chi connectivity index (χ1v) is 12.8. The highest BCUT2D eigenvalue weighted by Crippen LogP contribution is 2.30. The molecule has 38 heavy (non-hydrogen) atoms. The quantitative estimate of drug-likeness (QED) is 0.260. The van der Waals surface area contributed by atoms with E-state index in [1.54, 1.807) is 0 Å². The first-order chi connectivity index (χ1) is 18.4. The molecule has 0 radical (unpaired) electrons. The van der Waals surface area contributed by atoms with Crippen molar-refractivity contribution in [2.24, 2.45) is 0 Å². The molecule has 0 spiro atoms. The number of anilines is 2. The number of nitrogens with zero attached hydrogens (tertiary/aromatic N) is 2. The van der Waals surface area contributed by atoms with Crippen LogP contribution in [0, 0.1) is 0 Å². The summed E-state index contributed by atoms with van der Waals surface area (Å²) >= 11 is 0. The van der Waals surface area contributed by atoms with Crippen molar-refractivity contribution in [1.29, 1.82) is 0 Å². The molecule has 194 valence electrons. The third kappa shape index (κ3) is 6.41. The van der Waals surface area contributed by atoms with Crippen molar-refractivity contribution >= 4 is 22.5 Å². The van der Waals surface area contributed by atoms with Gasteiger partial charge in [0.15, 0.2) is 0 Å². The normalized spacial score (nSPS) is 10.6. The van der Waals surface area contributed by atoms with E-state index in [2.05, 4.69) is 70.5 Å². The highest BCUT2D eigenvalue weighted by molar-refractivity contribution is 5.87. The molecule has 0 aromatic heterocycles. The van der Waals surface area contributed by atoms with E-state index in [4.69, 9.17) is 0 Å². The van der Waals surface area contributed by atoms with Gasteiger partial charge in [-0.2, -0.15) is 0 Å². The fourth-order valence-electron chi connectivity index (χ4n) is 4.34. The summed E-state index contributed by atoms with van der Waals surface area (Å²) in [6.45, 7) is 0.0287. The summed E-state index contributed by atoms with van der Waals surface area (Å²) in [5.74, 6) is 0. The van der Waals surface area contributed by atoms with E-state index in [9.17, 15) is 10.2 Å². The lowest BCUT2D eigenvalue weighted by Crippen LogP contribution is -2.08. The Morgan fingerprint density at radius 3 is 0.974 bits per heavy atom. The summed E-state index contributed by atoms with van der Waals surface area (Å²) in [7, 11) is 8.19. The Labute approximate surface area is 226 Å². The SMILES string of the molecule is CN(C)c1ccc(C(=CC=C(c2ccc(CO)cc2)c2ccc(CO)cc2)c2ccc(N(C)C)cc2)cc1. The van der Waals surface area contributed by atoms with Crippen LogP contribution in [0.3, 0.4) is 0 Å². The van der Waals surface area contributed by atoms with Crippen molar-refractivity contribution in [2.45, 2.75) is 13.2 Å². The van der Waals surface area contributed by atoms with Crippen LogP contribution in [0.5, 0.6) is 0 Å². The van der Waals surface area contributed by atoms with Crippen LogP contribution in [0.25, 0.3) is 11.1 Å². The molecular formula is C34H36N2O2. The molecular weight excluding hydrogens is 468 g/mol. The minimum absolute atomic E-state index is 0.0143. The van der Waals surface area contributed by atoms with Gasteiger partial charge in [-0.3, -0.25) is 0 Å². The number of rotatable bonds is 9. The van der Waals surface area contributed by atoms with Gasteiger partial charge in [0, 0.05) is 39.6 Å². The standard InChI is InChI=1S/C34H36N2O2/c1-35(2)31-17-13-29(14-18-31)34(30-15-19-32(20-16-30)36(3)4)22-21-33(27-9-5-25(23-37)6-10-27)28-11-7-26(24-38)8-12-28/h5-22,37-38H,23-24H2,1-4H3. The van der Waals surface area contributed by atoms with E-state index in [1.807, 2.05) is 76.7 Å². The molecule has 2 N–H and O–H groups in total. The molecule has 0 unspecified atom stereocenters. The Bertz CT molecular complexity index is 1280. The molecule has 0 aliphatic rings. The van der Waals surface area contributed by atoms with Gasteiger partial charge in [0.05, 0.1) is 13.2 Å². The molecule has 0 saturated heterocycles. The Morgan fingerprint density at radius 2 is 0.737 bits per heavy atom. The predicted octanol–water partition coefficient (Wildman–Crippen LogP) is 6.37. The lowest BCUT2D eigenvalue weighted by Gasteiger charge is -2.16. The van der Waals surface area contributed by atoms with E-state index in [0.717, 1.165) is 55.9 Å².